The fraction of sp³-hybridized carbons (Fsp3) is 0.370. The number of carbonyl (C=O) groups is 1. The van der Waals surface area contributed by atoms with E-state index in [0.717, 1.165) is 34.6 Å². The third-order valence-corrected chi connectivity index (χ3v) is 6.48. The van der Waals surface area contributed by atoms with Gasteiger partial charge in [-0.25, -0.2) is 4.68 Å². The highest BCUT2D eigenvalue weighted by atomic mass is 16.5. The molecule has 1 aliphatic carbocycles. The number of carbonyl (C=O) groups excluding carboxylic acids is 1. The second kappa shape index (κ2) is 8.76. The summed E-state index contributed by atoms with van der Waals surface area (Å²) in [6.07, 6.45) is 1.23. The summed E-state index contributed by atoms with van der Waals surface area (Å²) in [7, 11) is 3.25. The van der Waals surface area contributed by atoms with E-state index < -0.39 is 6.04 Å². The molecule has 2 heterocycles. The number of ketones is 1. The Morgan fingerprint density at radius 2 is 1.83 bits per heavy atom. The fourth-order valence-corrected chi connectivity index (χ4v) is 4.91. The van der Waals surface area contributed by atoms with E-state index in [-0.39, 0.29) is 11.2 Å². The van der Waals surface area contributed by atoms with Gasteiger partial charge in [-0.3, -0.25) is 4.79 Å². The van der Waals surface area contributed by atoms with Gasteiger partial charge in [0.1, 0.15) is 11.8 Å². The molecule has 182 valence electrons. The highest BCUT2D eigenvalue weighted by molar-refractivity contribution is 6.00. The second-order valence-corrected chi connectivity index (χ2v) is 9.64. The number of Topliss-reactive ketones (excluding diaryl/α,β-unsaturated/α-hetero) is 1. The van der Waals surface area contributed by atoms with Crippen molar-refractivity contribution in [1.82, 2.24) is 14.8 Å². The molecule has 2 aliphatic rings. The quantitative estimate of drug-likeness (QED) is 0.537. The van der Waals surface area contributed by atoms with Crippen LogP contribution in [0.25, 0.3) is 11.4 Å². The number of hydrogen-bond donors (Lipinski definition) is 1. The van der Waals surface area contributed by atoms with E-state index in [1.54, 1.807) is 14.2 Å². The van der Waals surface area contributed by atoms with Crippen LogP contribution in [0.5, 0.6) is 17.2 Å². The summed E-state index contributed by atoms with van der Waals surface area (Å²) >= 11 is 0. The van der Waals surface area contributed by atoms with Gasteiger partial charge in [0.2, 0.25) is 5.95 Å². The molecule has 0 amide bonds. The van der Waals surface area contributed by atoms with Crippen LogP contribution >= 0.6 is 0 Å². The molecule has 1 aromatic heterocycles. The molecule has 0 unspecified atom stereocenters. The van der Waals surface area contributed by atoms with E-state index in [2.05, 4.69) is 19.2 Å². The van der Waals surface area contributed by atoms with Gasteiger partial charge in [-0.15, -0.1) is 5.10 Å². The SMILES string of the molecule is CCOc1ccc([C@H]2C3=C(CC(C)(C)CC3=O)Nc3nc(-c4ccc(OC)cc4)nn32)cc1OC. The van der Waals surface area contributed by atoms with Gasteiger partial charge in [-0.1, -0.05) is 19.9 Å². The van der Waals surface area contributed by atoms with Crippen molar-refractivity contribution in [2.75, 3.05) is 26.1 Å². The second-order valence-electron chi connectivity index (χ2n) is 9.64. The highest BCUT2D eigenvalue weighted by Crippen LogP contribution is 2.46. The molecule has 2 aromatic carbocycles. The molecule has 8 nitrogen and oxygen atoms in total. The van der Waals surface area contributed by atoms with Crippen LogP contribution in [0.15, 0.2) is 53.7 Å². The Hall–Kier alpha value is -3.81. The Kier molecular flexibility index (Phi) is 5.75. The Bertz CT molecular complexity index is 1310. The van der Waals surface area contributed by atoms with Crippen LogP contribution in [0.3, 0.4) is 0 Å². The molecule has 8 heteroatoms. The van der Waals surface area contributed by atoms with Crippen LogP contribution in [0, 0.1) is 5.41 Å². The van der Waals surface area contributed by atoms with Crippen molar-refractivity contribution in [2.45, 2.75) is 39.7 Å². The van der Waals surface area contributed by atoms with Crippen molar-refractivity contribution in [3.63, 3.8) is 0 Å². The topological polar surface area (TPSA) is 87.5 Å². The maximum absolute atomic E-state index is 13.5. The highest BCUT2D eigenvalue weighted by Gasteiger charge is 2.42. The average Bonchev–Trinajstić information content (AvgIpc) is 3.26. The van der Waals surface area contributed by atoms with Gasteiger partial charge in [0.25, 0.3) is 0 Å². The third kappa shape index (κ3) is 4.13. The Labute approximate surface area is 204 Å². The summed E-state index contributed by atoms with van der Waals surface area (Å²) in [4.78, 5) is 18.3. The summed E-state index contributed by atoms with van der Waals surface area (Å²) in [6.45, 7) is 6.70. The van der Waals surface area contributed by atoms with Crippen LogP contribution < -0.4 is 19.5 Å². The van der Waals surface area contributed by atoms with E-state index in [0.29, 0.717) is 36.3 Å². The molecule has 1 aliphatic heterocycles. The fourth-order valence-electron chi connectivity index (χ4n) is 4.91. The lowest BCUT2D eigenvalue weighted by Crippen LogP contribution is -2.36. The summed E-state index contributed by atoms with van der Waals surface area (Å²) in [5, 5.41) is 8.28. The van der Waals surface area contributed by atoms with Crippen molar-refractivity contribution < 1.29 is 19.0 Å². The smallest absolute Gasteiger partial charge is 0.226 e. The summed E-state index contributed by atoms with van der Waals surface area (Å²) < 4.78 is 18.4. The minimum atomic E-state index is -0.422. The van der Waals surface area contributed by atoms with Crippen molar-refractivity contribution in [3.05, 3.63) is 59.3 Å². The van der Waals surface area contributed by atoms with Crippen LogP contribution in [-0.4, -0.2) is 41.4 Å². The normalized spacial score (nSPS) is 18.4. The first-order valence-electron chi connectivity index (χ1n) is 11.8. The lowest BCUT2D eigenvalue weighted by Gasteiger charge is -2.38. The number of methoxy groups -OCH3 is 2. The molecule has 0 radical (unpaired) electrons. The molecule has 0 bridgehead atoms. The molecular weight excluding hydrogens is 444 g/mol. The van der Waals surface area contributed by atoms with Gasteiger partial charge in [-0.05, 0) is 60.7 Å². The lowest BCUT2D eigenvalue weighted by molar-refractivity contribution is -0.118. The van der Waals surface area contributed by atoms with E-state index in [4.69, 9.17) is 24.3 Å². The molecular formula is C27H30N4O4. The summed E-state index contributed by atoms with van der Waals surface area (Å²) in [5.74, 6) is 3.35. The average molecular weight is 475 g/mol. The lowest BCUT2D eigenvalue weighted by atomic mass is 9.73. The number of benzene rings is 2. The van der Waals surface area contributed by atoms with Gasteiger partial charge in [0, 0.05) is 23.3 Å². The first-order chi connectivity index (χ1) is 16.8. The van der Waals surface area contributed by atoms with Crippen molar-refractivity contribution in [2.24, 2.45) is 5.41 Å². The molecule has 0 saturated carbocycles. The van der Waals surface area contributed by atoms with Gasteiger partial charge >= 0.3 is 0 Å². The zero-order valence-electron chi connectivity index (χ0n) is 20.7. The molecule has 3 aromatic rings. The molecule has 35 heavy (non-hydrogen) atoms. The Balaban J connectivity index is 1.65. The standard InChI is InChI=1S/C27H30N4O4/c1-6-35-21-12-9-17(13-22(21)34-5)24-23-19(14-27(2,3)15-20(23)32)28-26-29-25(30-31(24)26)16-7-10-18(33-4)11-8-16/h7-13,24H,6,14-15H2,1-5H3,(H,28,29,30)/t24-/m0/s1. The Morgan fingerprint density at radius 1 is 1.06 bits per heavy atom. The van der Waals surface area contributed by atoms with Gasteiger partial charge in [-0.2, -0.15) is 4.98 Å². The number of nitrogens with one attached hydrogen (secondary N) is 1. The van der Waals surface area contributed by atoms with Gasteiger partial charge < -0.3 is 19.5 Å². The van der Waals surface area contributed by atoms with Crippen LogP contribution in [-0.2, 0) is 4.79 Å². The number of ether oxygens (including phenoxy) is 3. The third-order valence-electron chi connectivity index (χ3n) is 6.48. The maximum atomic E-state index is 13.5. The molecule has 0 fully saturated rings. The zero-order valence-corrected chi connectivity index (χ0v) is 20.7. The summed E-state index contributed by atoms with van der Waals surface area (Å²) in [6, 6.07) is 13.0. The number of fused-ring (bicyclic) bond motifs is 1. The van der Waals surface area contributed by atoms with Gasteiger partial charge in [0.15, 0.2) is 23.1 Å². The predicted octanol–water partition coefficient (Wildman–Crippen LogP) is 5.02. The molecule has 0 spiro atoms. The number of aromatic nitrogens is 3. The van der Waals surface area contributed by atoms with Crippen LogP contribution in [0.2, 0.25) is 0 Å². The molecule has 5 rings (SSSR count). The number of allylic oxidation sites excluding steroid dienone is 2. The monoisotopic (exact) mass is 474 g/mol. The van der Waals surface area contributed by atoms with E-state index >= 15 is 0 Å². The first-order valence-corrected chi connectivity index (χ1v) is 11.8. The first kappa shape index (κ1) is 23.0. The maximum Gasteiger partial charge on any atom is 0.226 e. The van der Waals surface area contributed by atoms with Crippen molar-refractivity contribution in [1.29, 1.82) is 0 Å². The van der Waals surface area contributed by atoms with Gasteiger partial charge in [0.05, 0.1) is 20.8 Å². The number of anilines is 1. The number of rotatable bonds is 6. The Morgan fingerprint density at radius 3 is 2.51 bits per heavy atom. The van der Waals surface area contributed by atoms with Crippen LogP contribution in [0.1, 0.15) is 45.2 Å². The molecule has 1 N–H and O–H groups in total. The zero-order chi connectivity index (χ0) is 24.7. The largest absolute Gasteiger partial charge is 0.497 e. The number of nitrogens with zero attached hydrogens (tertiary/aromatic N) is 3. The van der Waals surface area contributed by atoms with E-state index in [9.17, 15) is 4.79 Å². The van der Waals surface area contributed by atoms with Crippen molar-refractivity contribution >= 4 is 11.7 Å². The van der Waals surface area contributed by atoms with Crippen molar-refractivity contribution in [3.8, 4) is 28.6 Å². The summed E-state index contributed by atoms with van der Waals surface area (Å²) in [5.41, 5.74) is 3.26. The minimum Gasteiger partial charge on any atom is -0.497 e. The minimum absolute atomic E-state index is 0.119. The van der Waals surface area contributed by atoms with E-state index in [1.807, 2.05) is 54.1 Å². The number of hydrogen-bond acceptors (Lipinski definition) is 7. The van der Waals surface area contributed by atoms with E-state index in [1.165, 1.54) is 0 Å². The molecule has 0 saturated heterocycles. The van der Waals surface area contributed by atoms with Crippen LogP contribution in [0.4, 0.5) is 5.95 Å². The molecule has 1 atom stereocenters. The predicted molar refractivity (Wildman–Crippen MR) is 133 cm³/mol.